The number of anilines is 3. The number of rotatable bonds is 5. The normalized spacial score (nSPS) is 15.9. The van der Waals surface area contributed by atoms with Crippen molar-refractivity contribution in [2.75, 3.05) is 43.4 Å². The van der Waals surface area contributed by atoms with Crippen molar-refractivity contribution in [3.63, 3.8) is 0 Å². The largest absolute Gasteiger partial charge is 0.436 e. The predicted molar refractivity (Wildman–Crippen MR) is 125 cm³/mol. The van der Waals surface area contributed by atoms with Gasteiger partial charge in [-0.05, 0) is 50.2 Å². The first-order valence-corrected chi connectivity index (χ1v) is 10.9. The van der Waals surface area contributed by atoms with E-state index in [1.54, 1.807) is 18.2 Å². The molecule has 0 amide bonds. The number of hydrogen-bond acceptors (Lipinski definition) is 6. The fourth-order valence-corrected chi connectivity index (χ4v) is 4.21. The summed E-state index contributed by atoms with van der Waals surface area (Å²) in [5, 5.41) is 3.07. The molecule has 1 saturated heterocycles. The van der Waals surface area contributed by atoms with E-state index in [4.69, 9.17) is 4.74 Å². The Morgan fingerprint density at radius 1 is 1.00 bits per heavy atom. The van der Waals surface area contributed by atoms with E-state index in [0.717, 1.165) is 43.7 Å². The number of piperazine rings is 1. The van der Waals surface area contributed by atoms with Crippen LogP contribution >= 0.6 is 0 Å². The SMILES string of the molecule is CC1=Cc2c(ccc(Oc3cc(Nc4ccc(N5CCN(C)CC5)c(F)c4)ncn3)c2F)C1. The average molecular weight is 450 g/mol. The number of allylic oxidation sites excluding steroid dienone is 1. The molecule has 1 N–H and O–H groups in total. The van der Waals surface area contributed by atoms with Crippen LogP contribution in [0.2, 0.25) is 0 Å². The highest BCUT2D eigenvalue weighted by Crippen LogP contribution is 2.34. The summed E-state index contributed by atoms with van der Waals surface area (Å²) in [5.74, 6) is 0.0215. The molecule has 8 heteroatoms. The molecule has 1 aromatic heterocycles. The first kappa shape index (κ1) is 21.3. The third kappa shape index (κ3) is 4.52. The lowest BCUT2D eigenvalue weighted by atomic mass is 10.1. The van der Waals surface area contributed by atoms with Crippen LogP contribution in [-0.4, -0.2) is 48.1 Å². The Labute approximate surface area is 191 Å². The summed E-state index contributed by atoms with van der Waals surface area (Å²) in [6.45, 7) is 5.37. The minimum absolute atomic E-state index is 0.104. The molecule has 0 saturated carbocycles. The van der Waals surface area contributed by atoms with Crippen molar-refractivity contribution in [2.24, 2.45) is 0 Å². The molecule has 5 rings (SSSR count). The third-order valence-electron chi connectivity index (χ3n) is 6.02. The van der Waals surface area contributed by atoms with Gasteiger partial charge in [0.2, 0.25) is 5.88 Å². The van der Waals surface area contributed by atoms with Gasteiger partial charge in [0.1, 0.15) is 18.0 Å². The average Bonchev–Trinajstić information content (AvgIpc) is 3.18. The molecule has 0 atom stereocenters. The molecule has 6 nitrogen and oxygen atoms in total. The maximum absolute atomic E-state index is 14.9. The molecular weight excluding hydrogens is 424 g/mol. The van der Waals surface area contributed by atoms with Crippen LogP contribution in [0.5, 0.6) is 11.6 Å². The van der Waals surface area contributed by atoms with Gasteiger partial charge in [0, 0.05) is 43.5 Å². The topological polar surface area (TPSA) is 53.5 Å². The van der Waals surface area contributed by atoms with Crippen molar-refractivity contribution in [3.05, 3.63) is 71.1 Å². The maximum Gasteiger partial charge on any atom is 0.224 e. The molecule has 2 heterocycles. The highest BCUT2D eigenvalue weighted by molar-refractivity contribution is 5.66. The predicted octanol–water partition coefficient (Wildman–Crippen LogP) is 5.00. The second-order valence-corrected chi connectivity index (χ2v) is 8.54. The summed E-state index contributed by atoms with van der Waals surface area (Å²) < 4.78 is 35.3. The van der Waals surface area contributed by atoms with Crippen LogP contribution in [0.3, 0.4) is 0 Å². The minimum Gasteiger partial charge on any atom is -0.436 e. The molecule has 2 aromatic carbocycles. The number of nitrogens with one attached hydrogen (secondary N) is 1. The van der Waals surface area contributed by atoms with Crippen LogP contribution in [-0.2, 0) is 6.42 Å². The number of likely N-dealkylation sites (N-methyl/N-ethyl adjacent to an activating group) is 1. The Bertz CT molecular complexity index is 1220. The Hall–Kier alpha value is -3.52. The van der Waals surface area contributed by atoms with Crippen LogP contribution in [0.15, 0.2) is 48.3 Å². The number of ether oxygens (including phenoxy) is 1. The van der Waals surface area contributed by atoms with Crippen LogP contribution < -0.4 is 15.0 Å². The van der Waals surface area contributed by atoms with E-state index in [0.29, 0.717) is 22.8 Å². The minimum atomic E-state index is -0.404. The van der Waals surface area contributed by atoms with E-state index in [2.05, 4.69) is 32.1 Å². The van der Waals surface area contributed by atoms with Crippen molar-refractivity contribution in [1.82, 2.24) is 14.9 Å². The number of fused-ring (bicyclic) bond motifs is 1. The number of nitrogens with zero attached hydrogens (tertiary/aromatic N) is 4. The summed E-state index contributed by atoms with van der Waals surface area (Å²) in [6.07, 6.45) is 3.91. The first-order valence-electron chi connectivity index (χ1n) is 10.9. The van der Waals surface area contributed by atoms with Gasteiger partial charge in [-0.3, -0.25) is 0 Å². The van der Waals surface area contributed by atoms with Crippen molar-refractivity contribution in [3.8, 4) is 11.6 Å². The number of hydrogen-bond donors (Lipinski definition) is 1. The van der Waals surface area contributed by atoms with E-state index in [9.17, 15) is 8.78 Å². The van der Waals surface area contributed by atoms with Crippen LogP contribution in [0.4, 0.5) is 26.0 Å². The van der Waals surface area contributed by atoms with E-state index in [-0.39, 0.29) is 17.4 Å². The zero-order valence-electron chi connectivity index (χ0n) is 18.6. The van der Waals surface area contributed by atoms with E-state index >= 15 is 0 Å². The zero-order chi connectivity index (χ0) is 22.9. The number of halogens is 2. The molecule has 33 heavy (non-hydrogen) atoms. The molecule has 0 unspecified atom stereocenters. The van der Waals surface area contributed by atoms with Crippen LogP contribution in [0.25, 0.3) is 6.08 Å². The van der Waals surface area contributed by atoms with Gasteiger partial charge in [0.15, 0.2) is 11.6 Å². The Kier molecular flexibility index (Phi) is 5.68. The quantitative estimate of drug-likeness (QED) is 0.592. The van der Waals surface area contributed by atoms with Crippen molar-refractivity contribution in [1.29, 1.82) is 0 Å². The van der Waals surface area contributed by atoms with Crippen LogP contribution in [0.1, 0.15) is 18.1 Å². The molecular formula is C25H25F2N5O. The van der Waals surface area contributed by atoms with E-state index in [1.165, 1.54) is 12.4 Å². The molecule has 0 bridgehead atoms. The summed E-state index contributed by atoms with van der Waals surface area (Å²) in [5.41, 5.74) is 3.77. The number of benzene rings is 2. The summed E-state index contributed by atoms with van der Waals surface area (Å²) in [6, 6.07) is 10.1. The van der Waals surface area contributed by atoms with Gasteiger partial charge in [0.05, 0.1) is 5.69 Å². The summed E-state index contributed by atoms with van der Waals surface area (Å²) in [4.78, 5) is 12.5. The monoisotopic (exact) mass is 449 g/mol. The number of aromatic nitrogens is 2. The zero-order valence-corrected chi connectivity index (χ0v) is 18.6. The lowest BCUT2D eigenvalue weighted by Gasteiger charge is -2.34. The van der Waals surface area contributed by atoms with Crippen molar-refractivity contribution >= 4 is 23.3 Å². The van der Waals surface area contributed by atoms with Gasteiger partial charge >= 0.3 is 0 Å². The Morgan fingerprint density at radius 2 is 1.82 bits per heavy atom. The van der Waals surface area contributed by atoms with Crippen molar-refractivity contribution < 1.29 is 13.5 Å². The molecule has 3 aromatic rings. The molecule has 1 fully saturated rings. The Balaban J connectivity index is 1.30. The van der Waals surface area contributed by atoms with Gasteiger partial charge < -0.3 is 19.9 Å². The highest BCUT2D eigenvalue weighted by Gasteiger charge is 2.19. The van der Waals surface area contributed by atoms with Gasteiger partial charge in [-0.25, -0.2) is 18.7 Å². The second-order valence-electron chi connectivity index (χ2n) is 8.54. The first-order chi connectivity index (χ1) is 16.0. The third-order valence-corrected chi connectivity index (χ3v) is 6.02. The maximum atomic E-state index is 14.9. The summed E-state index contributed by atoms with van der Waals surface area (Å²) >= 11 is 0. The fraction of sp³-hybridized carbons (Fsp3) is 0.280. The van der Waals surface area contributed by atoms with Gasteiger partial charge in [-0.15, -0.1) is 0 Å². The fourth-order valence-electron chi connectivity index (χ4n) is 4.21. The lowest BCUT2D eigenvalue weighted by Crippen LogP contribution is -2.44. The Morgan fingerprint density at radius 3 is 2.61 bits per heavy atom. The van der Waals surface area contributed by atoms with Crippen LogP contribution in [0, 0.1) is 11.6 Å². The molecule has 0 spiro atoms. The molecule has 1 aliphatic heterocycles. The summed E-state index contributed by atoms with van der Waals surface area (Å²) in [7, 11) is 2.07. The van der Waals surface area contributed by atoms with Gasteiger partial charge in [0.25, 0.3) is 0 Å². The molecule has 1 aliphatic carbocycles. The molecule has 170 valence electrons. The van der Waals surface area contributed by atoms with Crippen molar-refractivity contribution in [2.45, 2.75) is 13.3 Å². The standard InChI is InChI=1S/C25H25F2N5O/c1-16-11-17-3-6-22(25(27)19(17)12-16)33-24-14-23(28-15-29-24)30-18-4-5-21(20(26)13-18)32-9-7-31(2)8-10-32/h3-6,12-15H,7-11H2,1-2H3,(H,28,29,30). The van der Waals surface area contributed by atoms with E-state index in [1.807, 2.05) is 25.1 Å². The molecule has 2 aliphatic rings. The second kappa shape index (κ2) is 8.78. The smallest absolute Gasteiger partial charge is 0.224 e. The highest BCUT2D eigenvalue weighted by atomic mass is 19.1. The lowest BCUT2D eigenvalue weighted by molar-refractivity contribution is 0.311. The molecule has 0 radical (unpaired) electrons. The van der Waals surface area contributed by atoms with E-state index < -0.39 is 5.82 Å². The van der Waals surface area contributed by atoms with Gasteiger partial charge in [-0.2, -0.15) is 0 Å². The van der Waals surface area contributed by atoms with Gasteiger partial charge in [-0.1, -0.05) is 17.7 Å².